The third-order valence-corrected chi connectivity index (χ3v) is 3.59. The van der Waals surface area contributed by atoms with E-state index in [9.17, 15) is 0 Å². The molecule has 2 rings (SSSR count). The molecule has 0 bridgehead atoms. The minimum atomic E-state index is 0.606. The van der Waals surface area contributed by atoms with Gasteiger partial charge in [0.25, 0.3) is 0 Å². The van der Waals surface area contributed by atoms with Crippen molar-refractivity contribution in [3.05, 3.63) is 65.2 Å². The van der Waals surface area contributed by atoms with E-state index >= 15 is 0 Å². The molecule has 2 heteroatoms. The second-order valence-electron chi connectivity index (χ2n) is 5.29. The van der Waals surface area contributed by atoms with Gasteiger partial charge in [-0.25, -0.2) is 0 Å². The summed E-state index contributed by atoms with van der Waals surface area (Å²) in [5, 5.41) is 0. The first-order chi connectivity index (χ1) is 9.72. The molecule has 0 spiro atoms. The van der Waals surface area contributed by atoms with E-state index in [0.717, 1.165) is 13.0 Å². The molecule has 2 nitrogen and oxygen atoms in total. The summed E-state index contributed by atoms with van der Waals surface area (Å²) in [5.41, 5.74) is 10.8. The van der Waals surface area contributed by atoms with Crippen LogP contribution in [0.3, 0.4) is 0 Å². The van der Waals surface area contributed by atoms with Crippen molar-refractivity contribution in [2.24, 2.45) is 5.73 Å². The number of aryl methyl sites for hydroxylation is 1. The maximum atomic E-state index is 5.62. The monoisotopic (exact) mass is 268 g/mol. The summed E-state index contributed by atoms with van der Waals surface area (Å²) in [6.07, 6.45) is 2.35. The Labute approximate surface area is 122 Å². The summed E-state index contributed by atoms with van der Waals surface area (Å²) in [6, 6.07) is 17.4. The van der Waals surface area contributed by atoms with Crippen LogP contribution in [0.2, 0.25) is 0 Å². The Morgan fingerprint density at radius 2 is 1.40 bits per heavy atom. The Kier molecular flexibility index (Phi) is 5.19. The molecule has 0 saturated carbocycles. The van der Waals surface area contributed by atoms with Crippen molar-refractivity contribution in [2.75, 3.05) is 11.9 Å². The summed E-state index contributed by atoms with van der Waals surface area (Å²) in [5.74, 6) is 0. The summed E-state index contributed by atoms with van der Waals surface area (Å²) in [6.45, 7) is 3.73. The van der Waals surface area contributed by atoms with Gasteiger partial charge in [0.1, 0.15) is 0 Å². The number of nitrogens with two attached hydrogens (primary N) is 1. The van der Waals surface area contributed by atoms with Gasteiger partial charge in [-0.2, -0.15) is 0 Å². The zero-order valence-electron chi connectivity index (χ0n) is 12.5. The quantitative estimate of drug-likeness (QED) is 0.865. The first kappa shape index (κ1) is 14.6. The van der Waals surface area contributed by atoms with Crippen LogP contribution in [0.4, 0.5) is 5.69 Å². The van der Waals surface area contributed by atoms with E-state index in [-0.39, 0.29) is 0 Å². The summed E-state index contributed by atoms with van der Waals surface area (Å²) >= 11 is 0. The van der Waals surface area contributed by atoms with E-state index in [0.29, 0.717) is 6.54 Å². The number of anilines is 1. The fourth-order valence-corrected chi connectivity index (χ4v) is 2.35. The first-order valence-corrected chi connectivity index (χ1v) is 7.31. The lowest BCUT2D eigenvalue weighted by Gasteiger charge is -2.20. The molecule has 0 fully saturated rings. The molecule has 0 atom stereocenters. The van der Waals surface area contributed by atoms with Crippen molar-refractivity contribution in [1.82, 2.24) is 0 Å². The molecule has 0 amide bonds. The zero-order chi connectivity index (χ0) is 14.4. The van der Waals surface area contributed by atoms with Gasteiger partial charge in [0.15, 0.2) is 0 Å². The Bertz CT molecular complexity index is 514. The lowest BCUT2D eigenvalue weighted by atomic mass is 10.1. The number of benzene rings is 2. The van der Waals surface area contributed by atoms with E-state index in [2.05, 4.69) is 67.4 Å². The van der Waals surface area contributed by atoms with Crippen molar-refractivity contribution in [3.63, 3.8) is 0 Å². The second-order valence-corrected chi connectivity index (χ2v) is 5.29. The fourth-order valence-electron chi connectivity index (χ4n) is 2.35. The van der Waals surface area contributed by atoms with E-state index < -0.39 is 0 Å². The zero-order valence-corrected chi connectivity index (χ0v) is 12.5. The van der Waals surface area contributed by atoms with Crippen LogP contribution in [0.1, 0.15) is 30.0 Å². The second kappa shape index (κ2) is 7.11. The number of hydrogen-bond acceptors (Lipinski definition) is 2. The number of rotatable bonds is 6. The highest BCUT2D eigenvalue weighted by Gasteiger charge is 2.02. The molecule has 20 heavy (non-hydrogen) atoms. The number of nitrogens with zero attached hydrogens (tertiary/aromatic N) is 1. The minimum absolute atomic E-state index is 0.606. The van der Waals surface area contributed by atoms with Crippen LogP contribution in [0.25, 0.3) is 0 Å². The van der Waals surface area contributed by atoms with Gasteiger partial charge in [-0.15, -0.1) is 0 Å². The standard InChI is InChI=1S/C18H24N2/c1-3-4-15-9-11-18(12-10-15)20(2)14-17-7-5-16(13-19)6-8-17/h5-12H,3-4,13-14,19H2,1-2H3. The molecule has 2 aromatic rings. The summed E-state index contributed by atoms with van der Waals surface area (Å²) in [7, 11) is 2.13. The van der Waals surface area contributed by atoms with Gasteiger partial charge in [0, 0.05) is 25.8 Å². The molecule has 0 aromatic heterocycles. The molecular weight excluding hydrogens is 244 g/mol. The lowest BCUT2D eigenvalue weighted by molar-refractivity contribution is 0.907. The van der Waals surface area contributed by atoms with Crippen LogP contribution in [0.5, 0.6) is 0 Å². The van der Waals surface area contributed by atoms with E-state index in [4.69, 9.17) is 5.73 Å². The van der Waals surface area contributed by atoms with Gasteiger partial charge in [-0.3, -0.25) is 0 Å². The molecule has 0 radical (unpaired) electrons. The molecule has 2 aromatic carbocycles. The van der Waals surface area contributed by atoms with Crippen molar-refractivity contribution in [3.8, 4) is 0 Å². The molecule has 106 valence electrons. The van der Waals surface area contributed by atoms with Gasteiger partial charge in [0.2, 0.25) is 0 Å². The fraction of sp³-hybridized carbons (Fsp3) is 0.333. The van der Waals surface area contributed by atoms with Gasteiger partial charge in [0.05, 0.1) is 0 Å². The molecule has 0 unspecified atom stereocenters. The highest BCUT2D eigenvalue weighted by atomic mass is 15.1. The normalized spacial score (nSPS) is 10.6. The molecule has 2 N–H and O–H groups in total. The molecule has 0 aliphatic rings. The van der Waals surface area contributed by atoms with Crippen LogP contribution >= 0.6 is 0 Å². The van der Waals surface area contributed by atoms with Crippen LogP contribution in [-0.4, -0.2) is 7.05 Å². The van der Waals surface area contributed by atoms with E-state index in [1.165, 1.54) is 28.8 Å². The van der Waals surface area contributed by atoms with E-state index in [1.807, 2.05) is 0 Å². The minimum Gasteiger partial charge on any atom is -0.370 e. The van der Waals surface area contributed by atoms with Gasteiger partial charge < -0.3 is 10.6 Å². The van der Waals surface area contributed by atoms with Crippen LogP contribution in [0.15, 0.2) is 48.5 Å². The van der Waals surface area contributed by atoms with Gasteiger partial charge in [-0.1, -0.05) is 49.7 Å². The third kappa shape index (κ3) is 3.84. The predicted octanol–water partition coefficient (Wildman–Crippen LogP) is 3.73. The van der Waals surface area contributed by atoms with Crippen LogP contribution in [-0.2, 0) is 19.5 Å². The lowest BCUT2D eigenvalue weighted by Crippen LogP contribution is -2.16. The SMILES string of the molecule is CCCc1ccc(N(C)Cc2ccc(CN)cc2)cc1. The van der Waals surface area contributed by atoms with Crippen molar-refractivity contribution < 1.29 is 0 Å². The molecule has 0 saturated heterocycles. The topological polar surface area (TPSA) is 29.3 Å². The van der Waals surface area contributed by atoms with Crippen LogP contribution in [0, 0.1) is 0 Å². The predicted molar refractivity (Wildman–Crippen MR) is 86.9 cm³/mol. The van der Waals surface area contributed by atoms with Crippen molar-refractivity contribution in [2.45, 2.75) is 32.9 Å². The van der Waals surface area contributed by atoms with Crippen LogP contribution < -0.4 is 10.6 Å². The molecule has 0 heterocycles. The summed E-state index contributed by atoms with van der Waals surface area (Å²) < 4.78 is 0. The highest BCUT2D eigenvalue weighted by Crippen LogP contribution is 2.17. The Morgan fingerprint density at radius 1 is 0.850 bits per heavy atom. The molecule has 0 aliphatic carbocycles. The van der Waals surface area contributed by atoms with Gasteiger partial charge >= 0.3 is 0 Å². The maximum Gasteiger partial charge on any atom is 0.0426 e. The van der Waals surface area contributed by atoms with Crippen molar-refractivity contribution in [1.29, 1.82) is 0 Å². The average Bonchev–Trinajstić information content (AvgIpc) is 2.49. The van der Waals surface area contributed by atoms with Gasteiger partial charge in [-0.05, 0) is 35.2 Å². The smallest absolute Gasteiger partial charge is 0.0426 e. The molecule has 0 aliphatic heterocycles. The Hall–Kier alpha value is -1.80. The van der Waals surface area contributed by atoms with E-state index in [1.54, 1.807) is 0 Å². The van der Waals surface area contributed by atoms with Crippen molar-refractivity contribution >= 4 is 5.69 Å². The molecular formula is C18H24N2. The Balaban J connectivity index is 2.01. The summed E-state index contributed by atoms with van der Waals surface area (Å²) in [4.78, 5) is 2.27. The first-order valence-electron chi connectivity index (χ1n) is 7.31. The highest BCUT2D eigenvalue weighted by molar-refractivity contribution is 5.47. The third-order valence-electron chi connectivity index (χ3n) is 3.59. The largest absolute Gasteiger partial charge is 0.370 e. The Morgan fingerprint density at radius 3 is 1.95 bits per heavy atom. The number of hydrogen-bond donors (Lipinski definition) is 1. The average molecular weight is 268 g/mol. The maximum absolute atomic E-state index is 5.62.